The smallest absolute Gasteiger partial charge is 0.243 e. The van der Waals surface area contributed by atoms with Crippen molar-refractivity contribution in [2.45, 2.75) is 44.7 Å². The minimum atomic E-state index is -3.87. The van der Waals surface area contributed by atoms with Gasteiger partial charge >= 0.3 is 0 Å². The van der Waals surface area contributed by atoms with Crippen LogP contribution in [0.15, 0.2) is 53.4 Å². The average molecular weight is 476 g/mol. The number of methoxy groups -OCH3 is 1. The van der Waals surface area contributed by atoms with E-state index in [-0.39, 0.29) is 17.3 Å². The third-order valence-corrected chi connectivity index (χ3v) is 7.13. The molecule has 1 atom stereocenters. The highest BCUT2D eigenvalue weighted by Crippen LogP contribution is 2.19. The van der Waals surface area contributed by atoms with Gasteiger partial charge in [0.15, 0.2) is 0 Å². The molecule has 2 aromatic carbocycles. The van der Waals surface area contributed by atoms with Crippen LogP contribution in [0.2, 0.25) is 0 Å². The van der Waals surface area contributed by atoms with Crippen LogP contribution in [0.3, 0.4) is 0 Å². The van der Waals surface area contributed by atoms with E-state index in [1.54, 1.807) is 44.4 Å². The number of hydrogen-bond donors (Lipinski definition) is 1. The zero-order valence-corrected chi connectivity index (χ0v) is 20.7. The van der Waals surface area contributed by atoms with Gasteiger partial charge in [0.05, 0.1) is 18.6 Å². The number of ether oxygens (including phenoxy) is 1. The number of hydrogen-bond acceptors (Lipinski definition) is 5. The Kier molecular flexibility index (Phi) is 9.43. The lowest BCUT2D eigenvalue weighted by atomic mass is 10.1. The highest BCUT2D eigenvalue weighted by molar-refractivity contribution is 7.89. The van der Waals surface area contributed by atoms with Gasteiger partial charge in [0, 0.05) is 20.1 Å². The summed E-state index contributed by atoms with van der Waals surface area (Å²) in [5.74, 6) is -0.112. The largest absolute Gasteiger partial charge is 0.497 e. The van der Waals surface area contributed by atoms with Crippen LogP contribution in [-0.4, -0.2) is 62.7 Å². The van der Waals surface area contributed by atoms with Gasteiger partial charge < -0.3 is 15.0 Å². The molecule has 1 N–H and O–H groups in total. The highest BCUT2D eigenvalue weighted by atomic mass is 32.2. The maximum atomic E-state index is 13.4. The van der Waals surface area contributed by atoms with Crippen molar-refractivity contribution in [3.63, 3.8) is 0 Å². The summed E-state index contributed by atoms with van der Waals surface area (Å²) in [6, 6.07) is 12.9. The zero-order chi connectivity index (χ0) is 24.6. The van der Waals surface area contributed by atoms with Gasteiger partial charge in [0.2, 0.25) is 21.8 Å². The summed E-state index contributed by atoms with van der Waals surface area (Å²) in [6.07, 6.45) is 0.385. The Hall–Kier alpha value is -2.91. The average Bonchev–Trinajstić information content (AvgIpc) is 2.79. The van der Waals surface area contributed by atoms with Crippen molar-refractivity contribution in [2.24, 2.45) is 0 Å². The Morgan fingerprint density at radius 3 is 2.33 bits per heavy atom. The Balaban J connectivity index is 2.33. The number of sulfonamides is 1. The SMILES string of the molecule is CCNC(=O)[C@H](CC)N(Cc1cccc(OC)c1)C(=O)CN(C)S(=O)(=O)c1ccc(C)cc1. The fraction of sp³-hybridized carbons (Fsp3) is 0.417. The van der Waals surface area contributed by atoms with Crippen molar-refractivity contribution in [3.8, 4) is 5.75 Å². The molecule has 0 aromatic heterocycles. The summed E-state index contributed by atoms with van der Waals surface area (Å²) in [5, 5.41) is 2.77. The number of rotatable bonds is 11. The van der Waals surface area contributed by atoms with Crippen LogP contribution in [-0.2, 0) is 26.2 Å². The monoisotopic (exact) mass is 475 g/mol. The number of nitrogens with one attached hydrogen (secondary N) is 1. The van der Waals surface area contributed by atoms with E-state index in [1.807, 2.05) is 19.9 Å². The molecule has 0 aliphatic rings. The molecule has 0 saturated carbocycles. The van der Waals surface area contributed by atoms with Crippen LogP contribution in [0.1, 0.15) is 31.4 Å². The molecule has 0 bridgehead atoms. The highest BCUT2D eigenvalue weighted by Gasteiger charge is 2.31. The minimum absolute atomic E-state index is 0.110. The van der Waals surface area contributed by atoms with E-state index in [1.165, 1.54) is 24.1 Å². The van der Waals surface area contributed by atoms with Crippen molar-refractivity contribution in [3.05, 3.63) is 59.7 Å². The first kappa shape index (κ1) is 26.3. The lowest BCUT2D eigenvalue weighted by Gasteiger charge is -2.32. The second-order valence-corrected chi connectivity index (χ2v) is 9.81. The van der Waals surface area contributed by atoms with Crippen LogP contribution in [0.5, 0.6) is 5.75 Å². The summed E-state index contributed by atoms with van der Waals surface area (Å²) in [6.45, 7) is 5.67. The van der Waals surface area contributed by atoms with Crippen LogP contribution >= 0.6 is 0 Å². The van der Waals surface area contributed by atoms with Crippen LogP contribution in [0.25, 0.3) is 0 Å². The predicted octanol–water partition coefficient (Wildman–Crippen LogP) is 2.57. The molecule has 0 saturated heterocycles. The van der Waals surface area contributed by atoms with E-state index >= 15 is 0 Å². The van der Waals surface area contributed by atoms with E-state index in [0.29, 0.717) is 18.7 Å². The standard InChI is InChI=1S/C24H33N3O5S/c1-6-22(24(29)25-7-2)27(16-19-9-8-10-20(15-19)32-5)23(28)17-26(4)33(30,31)21-13-11-18(3)12-14-21/h8-15,22H,6-7,16-17H2,1-5H3,(H,25,29)/t22-/m0/s1. The van der Waals surface area contributed by atoms with Gasteiger partial charge in [-0.25, -0.2) is 8.42 Å². The van der Waals surface area contributed by atoms with E-state index in [4.69, 9.17) is 4.74 Å². The lowest BCUT2D eigenvalue weighted by molar-refractivity contribution is -0.141. The molecule has 180 valence electrons. The molecule has 0 fully saturated rings. The van der Waals surface area contributed by atoms with Gasteiger partial charge in [-0.15, -0.1) is 0 Å². The molecular formula is C24H33N3O5S. The van der Waals surface area contributed by atoms with E-state index in [0.717, 1.165) is 15.4 Å². The molecular weight excluding hydrogens is 442 g/mol. The van der Waals surface area contributed by atoms with Crippen LogP contribution in [0, 0.1) is 6.92 Å². The summed E-state index contributed by atoms with van der Waals surface area (Å²) >= 11 is 0. The molecule has 2 amide bonds. The fourth-order valence-electron chi connectivity index (χ4n) is 3.44. The van der Waals surface area contributed by atoms with Gasteiger partial charge in [-0.3, -0.25) is 9.59 Å². The molecule has 9 heteroatoms. The second-order valence-electron chi connectivity index (χ2n) is 7.77. The van der Waals surface area contributed by atoms with Gasteiger partial charge in [-0.1, -0.05) is 36.8 Å². The number of nitrogens with zero attached hydrogens (tertiary/aromatic N) is 2. The zero-order valence-electron chi connectivity index (χ0n) is 19.9. The lowest BCUT2D eigenvalue weighted by Crippen LogP contribution is -2.51. The molecule has 8 nitrogen and oxygen atoms in total. The Labute approximate surface area is 196 Å². The van der Waals surface area contributed by atoms with E-state index in [9.17, 15) is 18.0 Å². The third-order valence-electron chi connectivity index (χ3n) is 5.31. The Bertz CT molecular complexity index is 1050. The summed E-state index contributed by atoms with van der Waals surface area (Å²) in [7, 11) is -0.948. The summed E-state index contributed by atoms with van der Waals surface area (Å²) in [4.78, 5) is 27.6. The quantitative estimate of drug-likeness (QED) is 0.539. The number of amides is 2. The van der Waals surface area contributed by atoms with E-state index < -0.39 is 28.5 Å². The van der Waals surface area contributed by atoms with Gasteiger partial charge in [-0.2, -0.15) is 4.31 Å². The van der Waals surface area contributed by atoms with Crippen molar-refractivity contribution >= 4 is 21.8 Å². The minimum Gasteiger partial charge on any atom is -0.497 e. The number of benzene rings is 2. The first-order valence-corrected chi connectivity index (χ1v) is 12.3. The van der Waals surface area contributed by atoms with Crippen LogP contribution in [0.4, 0.5) is 0 Å². The summed E-state index contributed by atoms with van der Waals surface area (Å²) < 4.78 is 32.2. The normalized spacial score (nSPS) is 12.3. The van der Waals surface area contributed by atoms with Gasteiger partial charge in [-0.05, 0) is 50.1 Å². The first-order chi connectivity index (χ1) is 15.6. The van der Waals surface area contributed by atoms with Crippen molar-refractivity contribution < 1.29 is 22.7 Å². The topological polar surface area (TPSA) is 96.0 Å². The molecule has 2 rings (SSSR count). The maximum absolute atomic E-state index is 13.4. The van der Waals surface area contributed by atoms with E-state index in [2.05, 4.69) is 5.32 Å². The van der Waals surface area contributed by atoms with Gasteiger partial charge in [0.25, 0.3) is 0 Å². The first-order valence-electron chi connectivity index (χ1n) is 10.9. The maximum Gasteiger partial charge on any atom is 0.243 e. The molecule has 0 spiro atoms. The fourth-order valence-corrected chi connectivity index (χ4v) is 4.56. The van der Waals surface area contributed by atoms with Crippen LogP contribution < -0.4 is 10.1 Å². The molecule has 0 aliphatic carbocycles. The van der Waals surface area contributed by atoms with Crippen molar-refractivity contribution in [1.82, 2.24) is 14.5 Å². The number of carbonyl (C=O) groups excluding carboxylic acids is 2. The molecule has 0 aliphatic heterocycles. The Morgan fingerprint density at radius 2 is 1.76 bits per heavy atom. The number of carbonyl (C=O) groups is 2. The second kappa shape index (κ2) is 11.8. The Morgan fingerprint density at radius 1 is 1.09 bits per heavy atom. The molecule has 0 unspecified atom stereocenters. The number of likely N-dealkylation sites (N-methyl/N-ethyl adjacent to an activating group) is 2. The number of aryl methyl sites for hydroxylation is 1. The summed E-state index contributed by atoms with van der Waals surface area (Å²) in [5.41, 5.74) is 1.71. The molecule has 2 aromatic rings. The molecule has 33 heavy (non-hydrogen) atoms. The molecule has 0 heterocycles. The molecule has 0 radical (unpaired) electrons. The van der Waals surface area contributed by atoms with Gasteiger partial charge in [0.1, 0.15) is 11.8 Å². The third kappa shape index (κ3) is 6.79. The predicted molar refractivity (Wildman–Crippen MR) is 127 cm³/mol. The van der Waals surface area contributed by atoms with Crippen molar-refractivity contribution in [1.29, 1.82) is 0 Å². The van der Waals surface area contributed by atoms with Crippen molar-refractivity contribution in [2.75, 3.05) is 27.2 Å².